The van der Waals surface area contributed by atoms with Crippen molar-refractivity contribution in [3.8, 4) is 0 Å². The van der Waals surface area contributed by atoms with Gasteiger partial charge in [0.05, 0.1) is 5.52 Å². The summed E-state index contributed by atoms with van der Waals surface area (Å²) in [5.41, 5.74) is 4.14. The van der Waals surface area contributed by atoms with E-state index < -0.39 is 0 Å². The fourth-order valence-electron chi connectivity index (χ4n) is 2.30. The van der Waals surface area contributed by atoms with E-state index in [9.17, 15) is 0 Å². The number of nitrogens with one attached hydrogen (secondary N) is 1. The summed E-state index contributed by atoms with van der Waals surface area (Å²) in [6.45, 7) is 4.13. The minimum Gasteiger partial charge on any atom is -0.340 e. The summed E-state index contributed by atoms with van der Waals surface area (Å²) in [7, 11) is 0. The van der Waals surface area contributed by atoms with Gasteiger partial charge < -0.3 is 5.32 Å². The fraction of sp³-hybridized carbons (Fsp3) is 0.125. The van der Waals surface area contributed by atoms with Gasteiger partial charge in [-0.2, -0.15) is 4.98 Å². The quantitative estimate of drug-likeness (QED) is 0.620. The van der Waals surface area contributed by atoms with Gasteiger partial charge in [-0.3, -0.25) is 0 Å². The molecule has 21 heavy (non-hydrogen) atoms. The predicted octanol–water partition coefficient (Wildman–Crippen LogP) is 5.41. The molecule has 3 nitrogen and oxygen atoms in total. The van der Waals surface area contributed by atoms with Crippen molar-refractivity contribution in [3.63, 3.8) is 0 Å². The molecule has 0 unspecified atom stereocenters. The minimum atomic E-state index is 0.238. The Kier molecular flexibility index (Phi) is 3.83. The zero-order chi connectivity index (χ0) is 15.0. The van der Waals surface area contributed by atoms with Gasteiger partial charge in [0.15, 0.2) is 0 Å². The zero-order valence-corrected chi connectivity index (χ0v) is 14.0. The molecule has 0 fully saturated rings. The first-order chi connectivity index (χ1) is 10.0. The molecule has 0 aliphatic rings. The Balaban J connectivity index is 2.10. The molecular weight excluding hydrogens is 350 g/mol. The van der Waals surface area contributed by atoms with Gasteiger partial charge in [-0.1, -0.05) is 28.1 Å². The molecule has 1 N–H and O–H groups in total. The maximum Gasteiger partial charge on any atom is 0.224 e. The van der Waals surface area contributed by atoms with Gasteiger partial charge in [0.1, 0.15) is 5.82 Å². The van der Waals surface area contributed by atoms with E-state index in [1.807, 2.05) is 24.3 Å². The van der Waals surface area contributed by atoms with Gasteiger partial charge in [-0.15, -0.1) is 0 Å². The lowest BCUT2D eigenvalue weighted by atomic mass is 10.1. The zero-order valence-electron chi connectivity index (χ0n) is 11.6. The third kappa shape index (κ3) is 2.87. The number of benzene rings is 2. The second kappa shape index (κ2) is 5.62. The summed E-state index contributed by atoms with van der Waals surface area (Å²) in [4.78, 5) is 8.54. The van der Waals surface area contributed by atoms with E-state index in [0.29, 0.717) is 5.82 Å². The van der Waals surface area contributed by atoms with E-state index in [4.69, 9.17) is 11.6 Å². The maximum absolute atomic E-state index is 6.01. The summed E-state index contributed by atoms with van der Waals surface area (Å²) in [6, 6.07) is 11.9. The summed E-state index contributed by atoms with van der Waals surface area (Å²) in [5, 5.41) is 4.52. The van der Waals surface area contributed by atoms with E-state index in [0.717, 1.165) is 21.1 Å². The van der Waals surface area contributed by atoms with Crippen LogP contribution in [0.25, 0.3) is 10.9 Å². The predicted molar refractivity (Wildman–Crippen MR) is 91.4 cm³/mol. The highest BCUT2D eigenvalue weighted by Crippen LogP contribution is 2.29. The van der Waals surface area contributed by atoms with Crippen LogP contribution in [0.15, 0.2) is 40.9 Å². The maximum atomic E-state index is 6.01. The number of nitrogens with zero attached hydrogens (tertiary/aromatic N) is 2. The van der Waals surface area contributed by atoms with E-state index >= 15 is 0 Å². The third-order valence-corrected chi connectivity index (χ3v) is 4.69. The van der Waals surface area contributed by atoms with Gasteiger partial charge in [0, 0.05) is 15.5 Å². The highest BCUT2D eigenvalue weighted by atomic mass is 79.9. The first kappa shape index (κ1) is 14.3. The number of aryl methyl sites for hydroxylation is 2. The molecule has 106 valence electrons. The number of halogens is 2. The van der Waals surface area contributed by atoms with Crippen molar-refractivity contribution in [2.75, 3.05) is 5.32 Å². The molecule has 3 aromatic rings. The molecule has 2 aromatic carbocycles. The van der Waals surface area contributed by atoms with Gasteiger partial charge in [0.25, 0.3) is 0 Å². The first-order valence-corrected chi connectivity index (χ1v) is 7.68. The van der Waals surface area contributed by atoms with E-state index in [1.165, 1.54) is 11.1 Å². The van der Waals surface area contributed by atoms with Crippen molar-refractivity contribution in [2.45, 2.75) is 13.8 Å². The van der Waals surface area contributed by atoms with Crippen molar-refractivity contribution >= 4 is 49.9 Å². The number of fused-ring (bicyclic) bond motifs is 1. The number of anilines is 2. The summed E-state index contributed by atoms with van der Waals surface area (Å²) in [6.07, 6.45) is 0. The summed E-state index contributed by atoms with van der Waals surface area (Å²) in [5.74, 6) is 0.715. The Morgan fingerprint density at radius 1 is 1.05 bits per heavy atom. The summed E-state index contributed by atoms with van der Waals surface area (Å²) < 4.78 is 1.12. The van der Waals surface area contributed by atoms with Crippen molar-refractivity contribution < 1.29 is 0 Å². The Morgan fingerprint density at radius 3 is 2.43 bits per heavy atom. The smallest absolute Gasteiger partial charge is 0.224 e. The Bertz CT molecular complexity index is 810. The van der Waals surface area contributed by atoms with Crippen LogP contribution >= 0.6 is 27.5 Å². The molecule has 5 heteroatoms. The molecule has 1 heterocycles. The van der Waals surface area contributed by atoms with Gasteiger partial charge in [0.2, 0.25) is 5.28 Å². The molecule has 0 amide bonds. The standard InChI is InChI=1S/C16H13BrClN3/c1-9-7-11(8-10(2)14(9)17)19-15-12-5-3-4-6-13(12)20-16(18)21-15/h3-8H,1-2H3,(H,19,20,21). The van der Waals surface area contributed by atoms with Crippen molar-refractivity contribution in [3.05, 3.63) is 57.3 Å². The number of aromatic nitrogens is 2. The van der Waals surface area contributed by atoms with Crippen LogP contribution < -0.4 is 5.32 Å². The van der Waals surface area contributed by atoms with Crippen LogP contribution in [0.4, 0.5) is 11.5 Å². The largest absolute Gasteiger partial charge is 0.340 e. The molecule has 0 aliphatic carbocycles. The van der Waals surface area contributed by atoms with Crippen molar-refractivity contribution in [2.24, 2.45) is 0 Å². The van der Waals surface area contributed by atoms with Crippen LogP contribution in [-0.2, 0) is 0 Å². The van der Waals surface area contributed by atoms with Crippen LogP contribution in [0, 0.1) is 13.8 Å². The van der Waals surface area contributed by atoms with Crippen LogP contribution in [0.2, 0.25) is 5.28 Å². The molecule has 0 radical (unpaired) electrons. The first-order valence-electron chi connectivity index (χ1n) is 6.50. The topological polar surface area (TPSA) is 37.8 Å². The van der Waals surface area contributed by atoms with Gasteiger partial charge >= 0.3 is 0 Å². The van der Waals surface area contributed by atoms with Crippen LogP contribution in [-0.4, -0.2) is 9.97 Å². The van der Waals surface area contributed by atoms with Crippen molar-refractivity contribution in [1.82, 2.24) is 9.97 Å². The fourth-order valence-corrected chi connectivity index (χ4v) is 2.70. The molecule has 3 rings (SSSR count). The third-order valence-electron chi connectivity index (χ3n) is 3.28. The second-order valence-electron chi connectivity index (χ2n) is 4.91. The lowest BCUT2D eigenvalue weighted by Crippen LogP contribution is -1.98. The number of rotatable bonds is 2. The molecule has 0 aliphatic heterocycles. The molecule has 0 atom stereocenters. The molecular formula is C16H13BrClN3. The van der Waals surface area contributed by atoms with Crippen LogP contribution in [0.1, 0.15) is 11.1 Å². The highest BCUT2D eigenvalue weighted by Gasteiger charge is 2.08. The second-order valence-corrected chi connectivity index (χ2v) is 6.04. The molecule has 1 aromatic heterocycles. The van der Waals surface area contributed by atoms with E-state index in [2.05, 4.69) is 57.2 Å². The van der Waals surface area contributed by atoms with E-state index in [-0.39, 0.29) is 5.28 Å². The lowest BCUT2D eigenvalue weighted by Gasteiger charge is -2.12. The van der Waals surface area contributed by atoms with E-state index in [1.54, 1.807) is 0 Å². The van der Waals surface area contributed by atoms with Gasteiger partial charge in [-0.25, -0.2) is 4.98 Å². The Labute approximate surface area is 136 Å². The monoisotopic (exact) mass is 361 g/mol. The highest BCUT2D eigenvalue weighted by molar-refractivity contribution is 9.10. The minimum absolute atomic E-state index is 0.238. The number of hydrogen-bond donors (Lipinski definition) is 1. The van der Waals surface area contributed by atoms with Gasteiger partial charge in [-0.05, 0) is 60.8 Å². The normalized spacial score (nSPS) is 10.9. The number of hydrogen-bond acceptors (Lipinski definition) is 3. The average molecular weight is 363 g/mol. The molecule has 0 spiro atoms. The SMILES string of the molecule is Cc1cc(Nc2nc(Cl)nc3ccccc23)cc(C)c1Br. The van der Waals surface area contributed by atoms with Crippen LogP contribution in [0.5, 0.6) is 0 Å². The number of para-hydroxylation sites is 1. The molecule has 0 saturated heterocycles. The van der Waals surface area contributed by atoms with Crippen LogP contribution in [0.3, 0.4) is 0 Å². The summed E-state index contributed by atoms with van der Waals surface area (Å²) >= 11 is 9.58. The Morgan fingerprint density at radius 2 is 1.71 bits per heavy atom. The Hall–Kier alpha value is -1.65. The lowest BCUT2D eigenvalue weighted by molar-refractivity contribution is 1.21. The average Bonchev–Trinajstić information content (AvgIpc) is 2.44. The molecule has 0 bridgehead atoms. The molecule has 0 saturated carbocycles. The van der Waals surface area contributed by atoms with Crippen molar-refractivity contribution in [1.29, 1.82) is 0 Å².